The van der Waals surface area contributed by atoms with Gasteiger partial charge in [-0.2, -0.15) is 0 Å². The first-order chi connectivity index (χ1) is 13.5. The van der Waals surface area contributed by atoms with Crippen molar-refractivity contribution in [2.75, 3.05) is 14.1 Å². The molecule has 0 aliphatic carbocycles. The van der Waals surface area contributed by atoms with E-state index in [0.29, 0.717) is 5.75 Å². The van der Waals surface area contributed by atoms with Gasteiger partial charge in [0.25, 0.3) is 0 Å². The molecule has 0 bridgehead atoms. The van der Waals surface area contributed by atoms with E-state index in [0.717, 1.165) is 41.9 Å². The fourth-order valence-electron chi connectivity index (χ4n) is 2.65. The summed E-state index contributed by atoms with van der Waals surface area (Å²) < 4.78 is 17.2. The highest BCUT2D eigenvalue weighted by Crippen LogP contribution is 2.28. The van der Waals surface area contributed by atoms with Crippen LogP contribution in [0.4, 0.5) is 4.39 Å². The van der Waals surface area contributed by atoms with E-state index in [2.05, 4.69) is 44.5 Å². The predicted molar refractivity (Wildman–Crippen MR) is 106 cm³/mol. The van der Waals surface area contributed by atoms with Gasteiger partial charge in [0.2, 0.25) is 0 Å². The average molecular weight is 405 g/mol. The number of hydrogen-bond acceptors (Lipinski definition) is 7. The first kappa shape index (κ1) is 20.4. The summed E-state index contributed by atoms with van der Waals surface area (Å²) in [5.74, 6) is 1.90. The van der Waals surface area contributed by atoms with Gasteiger partial charge in [0.1, 0.15) is 5.82 Å². The number of hydrogen-bond donors (Lipinski definition) is 0. The summed E-state index contributed by atoms with van der Waals surface area (Å²) in [7, 11) is 3.98. The summed E-state index contributed by atoms with van der Waals surface area (Å²) in [4.78, 5) is 2.06. The van der Waals surface area contributed by atoms with Crippen LogP contribution in [0, 0.1) is 5.82 Å². The third-order valence-electron chi connectivity index (χ3n) is 4.55. The lowest BCUT2D eigenvalue weighted by Gasteiger charge is -2.20. The van der Waals surface area contributed by atoms with E-state index >= 15 is 0 Å². The van der Waals surface area contributed by atoms with E-state index < -0.39 is 0 Å². The standard InChI is InChI=1S/C18H25FN8S/c1-5-6-11-26-16(20-23-24-26)12-28-18-22-21-17(13(2)25(3)4)27(18)15-9-7-14(19)8-10-15/h7-10,13H,5-6,11-12H2,1-4H3. The molecule has 0 aliphatic rings. The van der Waals surface area contributed by atoms with Crippen LogP contribution in [0.5, 0.6) is 0 Å². The van der Waals surface area contributed by atoms with Gasteiger partial charge in [-0.1, -0.05) is 25.1 Å². The molecule has 1 atom stereocenters. The molecule has 28 heavy (non-hydrogen) atoms. The van der Waals surface area contributed by atoms with Gasteiger partial charge in [-0.25, -0.2) is 9.07 Å². The number of halogens is 1. The zero-order valence-corrected chi connectivity index (χ0v) is 17.4. The Morgan fingerprint density at radius 3 is 2.57 bits per heavy atom. The molecule has 0 saturated heterocycles. The largest absolute Gasteiger partial charge is 0.300 e. The number of nitrogens with zero attached hydrogens (tertiary/aromatic N) is 8. The second-order valence-corrected chi connectivity index (χ2v) is 7.70. The van der Waals surface area contributed by atoms with Crippen molar-refractivity contribution in [2.24, 2.45) is 0 Å². The summed E-state index contributed by atoms with van der Waals surface area (Å²) in [5.41, 5.74) is 0.822. The molecular weight excluding hydrogens is 379 g/mol. The van der Waals surface area contributed by atoms with E-state index in [1.54, 1.807) is 12.1 Å². The third kappa shape index (κ3) is 4.56. The summed E-state index contributed by atoms with van der Waals surface area (Å²) >= 11 is 1.52. The van der Waals surface area contributed by atoms with Crippen LogP contribution in [0.15, 0.2) is 29.4 Å². The molecule has 0 fully saturated rings. The van der Waals surface area contributed by atoms with Crippen LogP contribution < -0.4 is 0 Å². The van der Waals surface area contributed by atoms with Crippen molar-refractivity contribution in [2.45, 2.75) is 50.2 Å². The van der Waals surface area contributed by atoms with Crippen LogP contribution in [-0.2, 0) is 12.3 Å². The van der Waals surface area contributed by atoms with Crippen molar-refractivity contribution >= 4 is 11.8 Å². The Labute approximate surface area is 168 Å². The van der Waals surface area contributed by atoms with Gasteiger partial charge in [-0.15, -0.1) is 15.3 Å². The van der Waals surface area contributed by atoms with E-state index in [1.807, 2.05) is 23.3 Å². The van der Waals surface area contributed by atoms with Crippen molar-refractivity contribution in [3.05, 3.63) is 41.7 Å². The van der Waals surface area contributed by atoms with Crippen molar-refractivity contribution in [1.82, 2.24) is 39.9 Å². The van der Waals surface area contributed by atoms with Crippen LogP contribution in [0.25, 0.3) is 5.69 Å². The van der Waals surface area contributed by atoms with Crippen LogP contribution >= 0.6 is 11.8 Å². The Hall–Kier alpha value is -2.33. The molecule has 10 heteroatoms. The van der Waals surface area contributed by atoms with Gasteiger partial charge < -0.3 is 0 Å². The minimum atomic E-state index is -0.275. The van der Waals surface area contributed by atoms with Crippen LogP contribution in [0.3, 0.4) is 0 Å². The smallest absolute Gasteiger partial charge is 0.196 e. The van der Waals surface area contributed by atoms with Gasteiger partial charge in [0.15, 0.2) is 16.8 Å². The molecule has 3 aromatic rings. The number of rotatable bonds is 9. The lowest BCUT2D eigenvalue weighted by Crippen LogP contribution is -2.20. The van der Waals surface area contributed by atoms with Gasteiger partial charge in [-0.3, -0.25) is 9.47 Å². The number of benzene rings is 1. The Bertz CT molecular complexity index is 889. The number of thioether (sulfide) groups is 1. The van der Waals surface area contributed by atoms with Gasteiger partial charge in [0, 0.05) is 12.2 Å². The first-order valence-corrected chi connectivity index (χ1v) is 10.2. The molecule has 1 unspecified atom stereocenters. The summed E-state index contributed by atoms with van der Waals surface area (Å²) in [6.07, 6.45) is 2.11. The topological polar surface area (TPSA) is 77.5 Å². The van der Waals surface area contributed by atoms with Crippen LogP contribution in [0.1, 0.15) is 44.4 Å². The van der Waals surface area contributed by atoms with Gasteiger partial charge >= 0.3 is 0 Å². The monoisotopic (exact) mass is 404 g/mol. The number of aromatic nitrogens is 7. The van der Waals surface area contributed by atoms with E-state index in [9.17, 15) is 4.39 Å². The number of tetrazole rings is 1. The zero-order valence-electron chi connectivity index (χ0n) is 16.6. The van der Waals surface area contributed by atoms with Crippen molar-refractivity contribution < 1.29 is 4.39 Å². The number of aryl methyl sites for hydroxylation is 1. The fraction of sp³-hybridized carbons (Fsp3) is 0.500. The molecular formula is C18H25FN8S. The molecule has 0 radical (unpaired) electrons. The van der Waals surface area contributed by atoms with Gasteiger partial charge in [-0.05, 0) is 62.1 Å². The minimum Gasteiger partial charge on any atom is -0.300 e. The predicted octanol–water partition coefficient (Wildman–Crippen LogP) is 3.11. The molecule has 3 rings (SSSR count). The summed E-state index contributed by atoms with van der Waals surface area (Å²) in [6, 6.07) is 6.40. The molecule has 0 saturated carbocycles. The van der Waals surface area contributed by atoms with E-state index in [4.69, 9.17) is 0 Å². The Balaban J connectivity index is 1.89. The molecule has 0 aliphatic heterocycles. The van der Waals surface area contributed by atoms with E-state index in [-0.39, 0.29) is 11.9 Å². The molecule has 8 nitrogen and oxygen atoms in total. The zero-order chi connectivity index (χ0) is 20.1. The molecule has 150 valence electrons. The lowest BCUT2D eigenvalue weighted by atomic mass is 10.2. The van der Waals surface area contributed by atoms with Crippen molar-refractivity contribution in [3.8, 4) is 5.69 Å². The number of unbranched alkanes of at least 4 members (excludes halogenated alkanes) is 1. The highest BCUT2D eigenvalue weighted by molar-refractivity contribution is 7.98. The molecule has 0 amide bonds. The lowest BCUT2D eigenvalue weighted by molar-refractivity contribution is 0.305. The molecule has 2 aromatic heterocycles. The highest BCUT2D eigenvalue weighted by atomic mass is 32.2. The fourth-order valence-corrected chi connectivity index (χ4v) is 3.54. The highest BCUT2D eigenvalue weighted by Gasteiger charge is 2.21. The van der Waals surface area contributed by atoms with Crippen molar-refractivity contribution in [1.29, 1.82) is 0 Å². The van der Waals surface area contributed by atoms with Crippen molar-refractivity contribution in [3.63, 3.8) is 0 Å². The van der Waals surface area contributed by atoms with E-state index in [1.165, 1.54) is 23.9 Å². The van der Waals surface area contributed by atoms with Gasteiger partial charge in [0.05, 0.1) is 11.8 Å². The van der Waals surface area contributed by atoms with Crippen LogP contribution in [0.2, 0.25) is 0 Å². The molecule has 1 aromatic carbocycles. The molecule has 0 spiro atoms. The SMILES string of the molecule is CCCCn1nnnc1CSc1nnc(C(C)N(C)C)n1-c1ccc(F)cc1. The normalized spacial score (nSPS) is 12.6. The maximum absolute atomic E-state index is 13.4. The Morgan fingerprint density at radius 2 is 1.89 bits per heavy atom. The second kappa shape index (κ2) is 9.24. The second-order valence-electron chi connectivity index (χ2n) is 6.75. The minimum absolute atomic E-state index is 0.0433. The maximum atomic E-state index is 13.4. The third-order valence-corrected chi connectivity index (χ3v) is 5.48. The maximum Gasteiger partial charge on any atom is 0.196 e. The molecule has 2 heterocycles. The Morgan fingerprint density at radius 1 is 1.14 bits per heavy atom. The summed E-state index contributed by atoms with van der Waals surface area (Å²) in [6.45, 7) is 4.99. The average Bonchev–Trinajstić information content (AvgIpc) is 3.31. The van der Waals surface area contributed by atoms with Crippen LogP contribution in [-0.4, -0.2) is 54.0 Å². The molecule has 0 N–H and O–H groups in total. The first-order valence-electron chi connectivity index (χ1n) is 9.26. The quantitative estimate of drug-likeness (QED) is 0.507. The summed E-state index contributed by atoms with van der Waals surface area (Å²) in [5, 5.41) is 21.5. The Kier molecular flexibility index (Phi) is 6.74.